The van der Waals surface area contributed by atoms with Crippen molar-refractivity contribution in [3.05, 3.63) is 59.8 Å². The fraction of sp³-hybridized carbons (Fsp3) is 0.391. The number of hydrogen-bond acceptors (Lipinski definition) is 5. The number of nitrogens with zero attached hydrogens (tertiary/aromatic N) is 2. The first kappa shape index (κ1) is 20.8. The van der Waals surface area contributed by atoms with Gasteiger partial charge in [-0.15, -0.1) is 0 Å². The minimum absolute atomic E-state index is 0.140. The second kappa shape index (κ2) is 9.16. The maximum absolute atomic E-state index is 12.9. The summed E-state index contributed by atoms with van der Waals surface area (Å²) in [6.07, 6.45) is 5.34. The zero-order chi connectivity index (χ0) is 21.8. The molecule has 3 N–H and O–H groups in total. The van der Waals surface area contributed by atoms with Gasteiger partial charge in [0.25, 0.3) is 11.8 Å². The summed E-state index contributed by atoms with van der Waals surface area (Å²) in [5.74, 6) is -0.502. The third-order valence-corrected chi connectivity index (χ3v) is 5.94. The number of carbonyl (C=O) groups is 3. The number of carbonyl (C=O) groups excluding carboxylic acids is 3. The molecule has 162 valence electrons. The van der Waals surface area contributed by atoms with Crippen molar-refractivity contribution < 1.29 is 19.1 Å². The van der Waals surface area contributed by atoms with Crippen LogP contribution >= 0.6 is 0 Å². The summed E-state index contributed by atoms with van der Waals surface area (Å²) in [6, 6.07) is 12.2. The molecule has 2 fully saturated rings. The van der Waals surface area contributed by atoms with E-state index >= 15 is 0 Å². The van der Waals surface area contributed by atoms with Gasteiger partial charge in [-0.25, -0.2) is 9.78 Å². The quantitative estimate of drug-likeness (QED) is 0.665. The number of pyridine rings is 1. The summed E-state index contributed by atoms with van der Waals surface area (Å²) in [5, 5.41) is 2.84. The van der Waals surface area contributed by atoms with Gasteiger partial charge in [0.05, 0.1) is 0 Å². The number of benzene rings is 1. The molecule has 31 heavy (non-hydrogen) atoms. The summed E-state index contributed by atoms with van der Waals surface area (Å²) in [6.45, 7) is 0. The standard InChI is InChI=1S/C23H26N4O4/c24-20(28)18-7-4-14-25-21(18)31-17-11-9-16(10-12-17)27-22(29)19(26-23(27)30)13-8-15-5-2-1-3-6-15/h1-7,14,16-17,19H,8-13H2,(H2,24,28)(H,26,30). The molecule has 4 amide bonds. The number of hydrogen-bond donors (Lipinski definition) is 2. The highest BCUT2D eigenvalue weighted by atomic mass is 16.5. The summed E-state index contributed by atoms with van der Waals surface area (Å²) in [5.41, 5.74) is 6.78. The monoisotopic (exact) mass is 422 g/mol. The molecule has 2 aliphatic rings. The van der Waals surface area contributed by atoms with Gasteiger partial charge >= 0.3 is 6.03 Å². The molecule has 1 aromatic carbocycles. The summed E-state index contributed by atoms with van der Waals surface area (Å²) in [7, 11) is 0. The molecule has 2 heterocycles. The Morgan fingerprint density at radius 1 is 1.10 bits per heavy atom. The SMILES string of the molecule is NC(=O)c1cccnc1OC1CCC(N2C(=O)NC(CCc3ccccc3)C2=O)CC1. The fourth-order valence-electron chi connectivity index (χ4n) is 4.30. The van der Waals surface area contributed by atoms with E-state index in [2.05, 4.69) is 10.3 Å². The molecule has 8 nitrogen and oxygen atoms in total. The molecular weight excluding hydrogens is 396 g/mol. The summed E-state index contributed by atoms with van der Waals surface area (Å²) in [4.78, 5) is 42.4. The van der Waals surface area contributed by atoms with Crippen LogP contribution in [0, 0.1) is 0 Å². The molecule has 8 heteroatoms. The molecule has 1 atom stereocenters. The van der Waals surface area contributed by atoms with E-state index in [0.717, 1.165) is 12.0 Å². The Hall–Kier alpha value is -3.42. The van der Waals surface area contributed by atoms with Crippen molar-refractivity contribution in [2.75, 3.05) is 0 Å². The van der Waals surface area contributed by atoms with Crippen molar-refractivity contribution >= 4 is 17.8 Å². The molecule has 1 saturated carbocycles. The molecule has 1 aliphatic heterocycles. The molecule has 2 aromatic rings. The number of primary amides is 1. The number of urea groups is 1. The maximum atomic E-state index is 12.9. The van der Waals surface area contributed by atoms with Crippen LogP contribution in [0.25, 0.3) is 0 Å². The van der Waals surface area contributed by atoms with Gasteiger partial charge in [0, 0.05) is 12.2 Å². The van der Waals surface area contributed by atoms with Crippen LogP contribution in [0.3, 0.4) is 0 Å². The number of ether oxygens (including phenoxy) is 1. The van der Waals surface area contributed by atoms with E-state index in [-0.39, 0.29) is 35.5 Å². The van der Waals surface area contributed by atoms with E-state index in [1.165, 1.54) is 4.90 Å². The van der Waals surface area contributed by atoms with Crippen LogP contribution in [0.1, 0.15) is 48.0 Å². The third kappa shape index (κ3) is 4.68. The first-order chi connectivity index (χ1) is 15.0. The lowest BCUT2D eigenvalue weighted by Crippen LogP contribution is -2.44. The van der Waals surface area contributed by atoms with Gasteiger partial charge in [-0.1, -0.05) is 30.3 Å². The van der Waals surface area contributed by atoms with E-state index in [4.69, 9.17) is 10.5 Å². The Morgan fingerprint density at radius 2 is 1.84 bits per heavy atom. The average Bonchev–Trinajstić information content (AvgIpc) is 3.07. The topological polar surface area (TPSA) is 115 Å². The molecule has 0 radical (unpaired) electrons. The van der Waals surface area contributed by atoms with Crippen LogP contribution in [0.2, 0.25) is 0 Å². The number of rotatable bonds is 7. The number of aryl methyl sites for hydroxylation is 1. The lowest BCUT2D eigenvalue weighted by molar-refractivity contribution is -0.129. The molecule has 1 saturated heterocycles. The van der Waals surface area contributed by atoms with Crippen molar-refractivity contribution in [1.29, 1.82) is 0 Å². The molecule has 1 aliphatic carbocycles. The van der Waals surface area contributed by atoms with Crippen LogP contribution in [0.4, 0.5) is 4.79 Å². The minimum atomic E-state index is -0.585. The number of nitrogens with one attached hydrogen (secondary N) is 1. The molecule has 1 aromatic heterocycles. The average molecular weight is 422 g/mol. The Balaban J connectivity index is 1.32. The van der Waals surface area contributed by atoms with Gasteiger partial charge in [-0.05, 0) is 56.2 Å². The zero-order valence-corrected chi connectivity index (χ0v) is 17.2. The predicted octanol–water partition coefficient (Wildman–Crippen LogP) is 2.42. The minimum Gasteiger partial charge on any atom is -0.474 e. The second-order valence-electron chi connectivity index (χ2n) is 8.00. The van der Waals surface area contributed by atoms with Gasteiger partial charge < -0.3 is 15.8 Å². The van der Waals surface area contributed by atoms with Crippen molar-refractivity contribution in [2.45, 2.75) is 56.7 Å². The molecule has 1 unspecified atom stereocenters. The Kier molecular flexibility index (Phi) is 6.16. The first-order valence-corrected chi connectivity index (χ1v) is 10.6. The Bertz CT molecular complexity index is 957. The van der Waals surface area contributed by atoms with Crippen LogP contribution in [-0.4, -0.2) is 45.9 Å². The lowest BCUT2D eigenvalue weighted by Gasteiger charge is -2.33. The third-order valence-electron chi connectivity index (χ3n) is 5.94. The smallest absolute Gasteiger partial charge is 0.325 e. The predicted molar refractivity (Wildman–Crippen MR) is 113 cm³/mol. The summed E-state index contributed by atoms with van der Waals surface area (Å²) < 4.78 is 5.91. The van der Waals surface area contributed by atoms with Gasteiger partial charge in [-0.3, -0.25) is 14.5 Å². The van der Waals surface area contributed by atoms with E-state index in [1.807, 2.05) is 30.3 Å². The highest BCUT2D eigenvalue weighted by molar-refractivity contribution is 6.04. The van der Waals surface area contributed by atoms with Gasteiger partial charge in [0.1, 0.15) is 17.7 Å². The molecule has 4 rings (SSSR count). The molecule has 0 bridgehead atoms. The Morgan fingerprint density at radius 3 is 2.55 bits per heavy atom. The molecular formula is C23H26N4O4. The first-order valence-electron chi connectivity index (χ1n) is 10.6. The van der Waals surface area contributed by atoms with E-state index < -0.39 is 11.9 Å². The highest BCUT2D eigenvalue weighted by Crippen LogP contribution is 2.29. The Labute approximate surface area is 180 Å². The number of nitrogens with two attached hydrogens (primary N) is 1. The zero-order valence-electron chi connectivity index (χ0n) is 17.2. The molecule has 0 spiro atoms. The highest BCUT2D eigenvalue weighted by Gasteiger charge is 2.42. The van der Waals surface area contributed by atoms with E-state index in [0.29, 0.717) is 32.1 Å². The van der Waals surface area contributed by atoms with E-state index in [1.54, 1.807) is 18.3 Å². The maximum Gasteiger partial charge on any atom is 0.325 e. The normalized spacial score (nSPS) is 23.5. The second-order valence-corrected chi connectivity index (χ2v) is 8.00. The van der Waals surface area contributed by atoms with Gasteiger partial charge in [0.15, 0.2) is 0 Å². The van der Waals surface area contributed by atoms with Crippen LogP contribution < -0.4 is 15.8 Å². The largest absolute Gasteiger partial charge is 0.474 e. The number of aromatic nitrogens is 1. The van der Waals surface area contributed by atoms with Crippen LogP contribution in [0.15, 0.2) is 48.7 Å². The van der Waals surface area contributed by atoms with E-state index in [9.17, 15) is 14.4 Å². The van der Waals surface area contributed by atoms with Crippen molar-refractivity contribution in [2.24, 2.45) is 5.73 Å². The number of imide groups is 1. The number of amides is 4. The van der Waals surface area contributed by atoms with Crippen LogP contribution in [0.5, 0.6) is 5.88 Å². The van der Waals surface area contributed by atoms with Gasteiger partial charge in [0.2, 0.25) is 5.88 Å². The summed E-state index contributed by atoms with van der Waals surface area (Å²) >= 11 is 0. The fourth-order valence-corrected chi connectivity index (χ4v) is 4.30. The van der Waals surface area contributed by atoms with Gasteiger partial charge in [-0.2, -0.15) is 0 Å². The van der Waals surface area contributed by atoms with Crippen molar-refractivity contribution in [3.8, 4) is 5.88 Å². The van der Waals surface area contributed by atoms with Crippen LogP contribution in [-0.2, 0) is 11.2 Å². The lowest BCUT2D eigenvalue weighted by atomic mass is 9.91. The van der Waals surface area contributed by atoms with Crippen molar-refractivity contribution in [1.82, 2.24) is 15.2 Å². The van der Waals surface area contributed by atoms with Crippen molar-refractivity contribution in [3.63, 3.8) is 0 Å².